The molecule has 0 aliphatic rings. The van der Waals surface area contributed by atoms with E-state index >= 15 is 0 Å². The molecule has 0 unspecified atom stereocenters. The van der Waals surface area contributed by atoms with Crippen molar-refractivity contribution < 1.29 is 26.3 Å². The maximum Gasteiger partial charge on any atom is 0.436 e. The predicted molar refractivity (Wildman–Crippen MR) is 64.9 cm³/mol. The first kappa shape index (κ1) is 15.5. The number of pyridine rings is 1. The molecule has 0 aliphatic carbocycles. The minimum absolute atomic E-state index is 0.0555. The van der Waals surface area contributed by atoms with Gasteiger partial charge in [0.05, 0.1) is 0 Å². The third-order valence-corrected chi connectivity index (χ3v) is 3.32. The fourth-order valence-electron chi connectivity index (χ4n) is 1.43. The van der Waals surface area contributed by atoms with Gasteiger partial charge in [0.2, 0.25) is 0 Å². The van der Waals surface area contributed by atoms with Gasteiger partial charge in [0.1, 0.15) is 16.6 Å². The van der Waals surface area contributed by atoms with Gasteiger partial charge in [-0.25, -0.2) is 4.98 Å². The summed E-state index contributed by atoms with van der Waals surface area (Å²) in [6, 6.07) is 2.96. The van der Waals surface area contributed by atoms with E-state index in [-0.39, 0.29) is 5.01 Å². The molecule has 2 heterocycles. The van der Waals surface area contributed by atoms with Crippen LogP contribution in [0.5, 0.6) is 0 Å². The van der Waals surface area contributed by atoms with Crippen molar-refractivity contribution in [3.63, 3.8) is 0 Å². The van der Waals surface area contributed by atoms with Crippen LogP contribution in [-0.2, 0) is 6.18 Å². The Labute approximate surface area is 118 Å². The highest BCUT2D eigenvalue weighted by molar-refractivity contribution is 7.19. The highest BCUT2D eigenvalue weighted by Crippen LogP contribution is 2.41. The Morgan fingerprint density at radius 2 is 1.86 bits per heavy atom. The Kier molecular flexibility index (Phi) is 4.08. The van der Waals surface area contributed by atoms with Gasteiger partial charge >= 0.3 is 12.4 Å². The second kappa shape index (κ2) is 5.51. The highest BCUT2D eigenvalue weighted by Gasteiger charge is 2.39. The van der Waals surface area contributed by atoms with Crippen molar-refractivity contribution in [3.8, 4) is 10.6 Å². The minimum Gasteiger partial charge on any atom is -0.366 e. The third-order valence-electron chi connectivity index (χ3n) is 2.25. The van der Waals surface area contributed by atoms with Gasteiger partial charge < -0.3 is 5.32 Å². The summed E-state index contributed by atoms with van der Waals surface area (Å²) in [7, 11) is 0. The Bertz CT molecular complexity index is 605. The number of aromatic nitrogens is 2. The number of nitrogens with zero attached hydrogens (tertiary/aromatic N) is 2. The number of anilines is 1. The second-order valence-corrected chi connectivity index (χ2v) is 4.90. The number of hydrogen-bond acceptors (Lipinski definition) is 4. The van der Waals surface area contributed by atoms with E-state index in [9.17, 15) is 26.3 Å². The molecule has 3 nitrogen and oxygen atoms in total. The largest absolute Gasteiger partial charge is 0.436 e. The lowest BCUT2D eigenvalue weighted by atomic mass is 10.3. The fraction of sp³-hybridized carbons (Fsp3) is 0.273. The third kappa shape index (κ3) is 4.06. The van der Waals surface area contributed by atoms with Crippen molar-refractivity contribution in [1.82, 2.24) is 9.97 Å². The van der Waals surface area contributed by atoms with Crippen LogP contribution in [0.15, 0.2) is 24.5 Å². The summed E-state index contributed by atoms with van der Waals surface area (Å²) in [5.41, 5.74) is -1.07. The van der Waals surface area contributed by atoms with Crippen molar-refractivity contribution in [3.05, 3.63) is 30.2 Å². The van der Waals surface area contributed by atoms with Crippen molar-refractivity contribution in [2.24, 2.45) is 0 Å². The van der Waals surface area contributed by atoms with Crippen molar-refractivity contribution >= 4 is 16.3 Å². The number of hydrogen-bond donors (Lipinski definition) is 1. The molecule has 0 saturated carbocycles. The molecule has 21 heavy (non-hydrogen) atoms. The molecule has 2 aromatic heterocycles. The molecule has 0 aliphatic heterocycles. The quantitative estimate of drug-likeness (QED) is 0.859. The second-order valence-electron chi connectivity index (χ2n) is 3.90. The van der Waals surface area contributed by atoms with Gasteiger partial charge in [0.25, 0.3) is 0 Å². The summed E-state index contributed by atoms with van der Waals surface area (Å²) in [6.07, 6.45) is -6.76. The summed E-state index contributed by atoms with van der Waals surface area (Å²) in [4.78, 5) is 7.11. The van der Waals surface area contributed by atoms with Crippen LogP contribution in [0, 0.1) is 0 Å². The zero-order valence-corrected chi connectivity index (χ0v) is 10.9. The summed E-state index contributed by atoms with van der Waals surface area (Å²) in [6.45, 7) is -1.56. The number of alkyl halides is 6. The lowest BCUT2D eigenvalue weighted by Gasteiger charge is -2.10. The van der Waals surface area contributed by atoms with E-state index in [1.54, 1.807) is 5.32 Å². The predicted octanol–water partition coefficient (Wildman–Crippen LogP) is 4.20. The molecule has 0 radical (unpaired) electrons. The minimum atomic E-state index is -4.84. The number of nitrogens with one attached hydrogen (secondary N) is 1. The van der Waals surface area contributed by atoms with Gasteiger partial charge in [-0.3, -0.25) is 4.98 Å². The Morgan fingerprint density at radius 1 is 1.14 bits per heavy atom. The van der Waals surface area contributed by atoms with E-state index in [1.807, 2.05) is 0 Å². The lowest BCUT2D eigenvalue weighted by Crippen LogP contribution is -2.22. The highest BCUT2D eigenvalue weighted by atomic mass is 32.1. The van der Waals surface area contributed by atoms with Crippen LogP contribution in [0.2, 0.25) is 0 Å². The Morgan fingerprint density at radius 3 is 2.38 bits per heavy atom. The van der Waals surface area contributed by atoms with Crippen LogP contribution in [0.25, 0.3) is 10.6 Å². The number of halogens is 6. The van der Waals surface area contributed by atoms with Crippen LogP contribution >= 0.6 is 11.3 Å². The molecule has 0 spiro atoms. The molecule has 2 aromatic rings. The molecular formula is C11H7F6N3S. The zero-order valence-electron chi connectivity index (χ0n) is 10.1. The summed E-state index contributed by atoms with van der Waals surface area (Å²) < 4.78 is 74.8. The van der Waals surface area contributed by atoms with Crippen LogP contribution in [0.1, 0.15) is 5.69 Å². The van der Waals surface area contributed by atoms with E-state index in [4.69, 9.17) is 0 Å². The van der Waals surface area contributed by atoms with E-state index < -0.39 is 29.6 Å². The Balaban J connectivity index is 2.36. The topological polar surface area (TPSA) is 37.8 Å². The molecule has 0 fully saturated rings. The summed E-state index contributed by atoms with van der Waals surface area (Å²) in [5.74, 6) is 0. The van der Waals surface area contributed by atoms with E-state index in [0.717, 1.165) is 0 Å². The fourth-order valence-corrected chi connectivity index (χ4v) is 2.40. The number of rotatable bonds is 3. The average Bonchev–Trinajstić information content (AvgIpc) is 2.81. The molecule has 10 heteroatoms. The van der Waals surface area contributed by atoms with Crippen molar-refractivity contribution in [2.75, 3.05) is 11.9 Å². The number of thiazole rings is 1. The molecule has 114 valence electrons. The van der Waals surface area contributed by atoms with E-state index in [0.29, 0.717) is 16.9 Å². The van der Waals surface area contributed by atoms with Crippen LogP contribution < -0.4 is 5.32 Å². The van der Waals surface area contributed by atoms with Gasteiger partial charge in [0.15, 0.2) is 5.69 Å². The van der Waals surface area contributed by atoms with Crippen LogP contribution in [0.4, 0.5) is 31.3 Å². The normalized spacial score (nSPS) is 12.5. The summed E-state index contributed by atoms with van der Waals surface area (Å²) >= 11 is 0.498. The van der Waals surface area contributed by atoms with Gasteiger partial charge in [-0.15, -0.1) is 0 Å². The van der Waals surface area contributed by atoms with Crippen LogP contribution in [-0.4, -0.2) is 22.7 Å². The van der Waals surface area contributed by atoms with Gasteiger partial charge in [-0.05, 0) is 12.1 Å². The molecule has 1 N–H and O–H groups in total. The molecule has 0 saturated heterocycles. The van der Waals surface area contributed by atoms with E-state index in [1.165, 1.54) is 24.5 Å². The van der Waals surface area contributed by atoms with Gasteiger partial charge in [0, 0.05) is 18.0 Å². The molecular weight excluding hydrogens is 320 g/mol. The molecule has 0 aromatic carbocycles. The first-order valence-electron chi connectivity index (χ1n) is 5.46. The maximum absolute atomic E-state index is 12.8. The molecule has 2 rings (SSSR count). The van der Waals surface area contributed by atoms with Gasteiger partial charge in [-0.2, -0.15) is 26.3 Å². The SMILES string of the molecule is FC(F)(F)CNc1sc(-c2cccnc2)nc1C(F)(F)F. The standard InChI is InChI=1S/C11H7F6N3S/c12-10(13,14)5-19-9-7(11(15,16)17)20-8(21-9)6-2-1-3-18-4-6/h1-4,19H,5H2. The zero-order chi connectivity index (χ0) is 15.7. The smallest absolute Gasteiger partial charge is 0.366 e. The molecule has 0 amide bonds. The molecule has 0 bridgehead atoms. The first-order chi connectivity index (χ1) is 9.67. The van der Waals surface area contributed by atoms with Gasteiger partial charge in [-0.1, -0.05) is 11.3 Å². The first-order valence-corrected chi connectivity index (χ1v) is 6.27. The molecule has 0 atom stereocenters. The van der Waals surface area contributed by atoms with Crippen LogP contribution in [0.3, 0.4) is 0 Å². The monoisotopic (exact) mass is 327 g/mol. The average molecular weight is 327 g/mol. The lowest BCUT2D eigenvalue weighted by molar-refractivity contribution is -0.140. The van der Waals surface area contributed by atoms with Crippen molar-refractivity contribution in [1.29, 1.82) is 0 Å². The van der Waals surface area contributed by atoms with Crippen molar-refractivity contribution in [2.45, 2.75) is 12.4 Å². The maximum atomic E-state index is 12.8. The summed E-state index contributed by atoms with van der Waals surface area (Å²) in [5, 5.41) is 1.02. The Hall–Kier alpha value is -1.84. The van der Waals surface area contributed by atoms with E-state index in [2.05, 4.69) is 9.97 Å².